The van der Waals surface area contributed by atoms with Gasteiger partial charge in [0.1, 0.15) is 5.75 Å². The summed E-state index contributed by atoms with van der Waals surface area (Å²) in [4.78, 5) is 7.81. The molecule has 5 rings (SSSR count). The summed E-state index contributed by atoms with van der Waals surface area (Å²) >= 11 is 0. The number of hydrogen-bond donors (Lipinski definition) is 1. The van der Waals surface area contributed by atoms with Crippen molar-refractivity contribution in [3.63, 3.8) is 0 Å². The highest BCUT2D eigenvalue weighted by atomic mass is 16.5. The molecule has 2 heterocycles. The van der Waals surface area contributed by atoms with Crippen molar-refractivity contribution in [2.75, 3.05) is 26.7 Å². The Morgan fingerprint density at radius 2 is 1.59 bits per heavy atom. The van der Waals surface area contributed by atoms with E-state index in [2.05, 4.69) is 101 Å². The van der Waals surface area contributed by atoms with Gasteiger partial charge in [-0.05, 0) is 94.1 Å². The highest BCUT2D eigenvalue weighted by Crippen LogP contribution is 2.37. The molecule has 46 heavy (non-hydrogen) atoms. The highest BCUT2D eigenvalue weighted by Gasteiger charge is 2.21. The molecule has 1 N–H and O–H groups in total. The summed E-state index contributed by atoms with van der Waals surface area (Å²) in [6.07, 6.45) is 16.8. The number of nitrogens with one attached hydrogen (secondary N) is 1. The average molecular weight is 628 g/mol. The maximum atomic E-state index is 5.74. The van der Waals surface area contributed by atoms with Crippen LogP contribution in [0.2, 0.25) is 0 Å². The lowest BCUT2D eigenvalue weighted by molar-refractivity contribution is 0.166. The van der Waals surface area contributed by atoms with Gasteiger partial charge in [-0.3, -0.25) is 0 Å². The van der Waals surface area contributed by atoms with Crippen LogP contribution >= 0.6 is 0 Å². The molecule has 2 fully saturated rings. The Kier molecular flexibility index (Phi) is 16.7. The fraction of sp³-hybridized carbons (Fsp3) is 0.595. The van der Waals surface area contributed by atoms with Gasteiger partial charge in [-0.1, -0.05) is 110 Å². The molecular weight excluding hydrogens is 562 g/mol. The third-order valence-corrected chi connectivity index (χ3v) is 9.62. The van der Waals surface area contributed by atoms with E-state index >= 15 is 0 Å². The first kappa shape index (κ1) is 37.6. The smallest absolute Gasteiger partial charge is 0.122 e. The number of pyridine rings is 1. The Morgan fingerprint density at radius 3 is 2.17 bits per heavy atom. The van der Waals surface area contributed by atoms with Gasteiger partial charge < -0.3 is 15.0 Å². The van der Waals surface area contributed by atoms with Crippen molar-refractivity contribution in [2.45, 2.75) is 131 Å². The lowest BCUT2D eigenvalue weighted by Crippen LogP contribution is -2.37. The van der Waals surface area contributed by atoms with Gasteiger partial charge in [-0.15, -0.1) is 0 Å². The minimum atomic E-state index is 0.744. The van der Waals surface area contributed by atoms with Crippen molar-refractivity contribution in [3.8, 4) is 17.0 Å². The fourth-order valence-electron chi connectivity index (χ4n) is 7.07. The van der Waals surface area contributed by atoms with E-state index < -0.39 is 0 Å². The van der Waals surface area contributed by atoms with Crippen LogP contribution in [0.1, 0.15) is 129 Å². The Morgan fingerprint density at radius 1 is 0.935 bits per heavy atom. The van der Waals surface area contributed by atoms with Gasteiger partial charge in [0.2, 0.25) is 0 Å². The summed E-state index contributed by atoms with van der Waals surface area (Å²) in [6, 6.07) is 15.7. The lowest BCUT2D eigenvalue weighted by Gasteiger charge is -2.32. The Hall–Kier alpha value is -2.85. The average Bonchev–Trinajstić information content (AvgIpc) is 3.11. The van der Waals surface area contributed by atoms with Gasteiger partial charge in [-0.25, -0.2) is 4.98 Å². The van der Waals surface area contributed by atoms with Gasteiger partial charge >= 0.3 is 0 Å². The number of aryl methyl sites for hydroxylation is 1. The minimum Gasteiger partial charge on any atom is -0.496 e. The molecule has 4 nitrogen and oxygen atoms in total. The number of benzene rings is 2. The molecule has 1 saturated carbocycles. The maximum absolute atomic E-state index is 5.74. The van der Waals surface area contributed by atoms with E-state index in [-0.39, 0.29) is 0 Å². The number of methoxy groups -OCH3 is 1. The molecule has 3 aromatic rings. The van der Waals surface area contributed by atoms with E-state index in [4.69, 9.17) is 9.72 Å². The molecule has 1 saturated heterocycles. The summed E-state index contributed by atoms with van der Waals surface area (Å²) in [7, 11) is 1.75. The van der Waals surface area contributed by atoms with E-state index in [0.29, 0.717) is 0 Å². The first-order chi connectivity index (χ1) is 22.4. The molecule has 2 aromatic carbocycles. The largest absolute Gasteiger partial charge is 0.496 e. The van der Waals surface area contributed by atoms with E-state index in [1.54, 1.807) is 7.11 Å². The van der Waals surface area contributed by atoms with Crippen molar-refractivity contribution in [1.29, 1.82) is 0 Å². The van der Waals surface area contributed by atoms with Crippen molar-refractivity contribution in [2.24, 2.45) is 5.92 Å². The number of rotatable bonds is 11. The number of fused-ring (bicyclic) bond motifs is 1. The lowest BCUT2D eigenvalue weighted by atomic mass is 9.88. The summed E-state index contributed by atoms with van der Waals surface area (Å²) in [5.41, 5.74) is 7.84. The molecule has 254 valence electrons. The predicted octanol–water partition coefficient (Wildman–Crippen LogP) is 11.3. The summed E-state index contributed by atoms with van der Waals surface area (Å²) in [5, 5.41) is 4.84. The van der Waals surface area contributed by atoms with Gasteiger partial charge in [0.05, 0.1) is 18.3 Å². The Balaban J connectivity index is 0.000000343. The molecular formula is C42H65N3O. The molecule has 1 unspecified atom stereocenters. The third-order valence-electron chi connectivity index (χ3n) is 9.62. The van der Waals surface area contributed by atoms with E-state index in [9.17, 15) is 0 Å². The van der Waals surface area contributed by atoms with E-state index in [1.807, 2.05) is 0 Å². The van der Waals surface area contributed by atoms with E-state index in [0.717, 1.165) is 65.0 Å². The van der Waals surface area contributed by atoms with Gasteiger partial charge in [0.15, 0.2) is 0 Å². The second-order valence-corrected chi connectivity index (χ2v) is 13.4. The van der Waals surface area contributed by atoms with Crippen molar-refractivity contribution < 1.29 is 4.74 Å². The van der Waals surface area contributed by atoms with Crippen LogP contribution < -0.4 is 10.1 Å². The van der Waals surface area contributed by atoms with Crippen molar-refractivity contribution in [3.05, 3.63) is 65.7 Å². The van der Waals surface area contributed by atoms with Crippen LogP contribution in [-0.4, -0.2) is 42.7 Å². The van der Waals surface area contributed by atoms with Crippen LogP contribution in [-0.2, 0) is 12.8 Å². The monoisotopic (exact) mass is 628 g/mol. The van der Waals surface area contributed by atoms with Crippen LogP contribution in [0.5, 0.6) is 5.75 Å². The Labute approximate surface area is 282 Å². The van der Waals surface area contributed by atoms with Gasteiger partial charge in [0.25, 0.3) is 0 Å². The van der Waals surface area contributed by atoms with Crippen LogP contribution in [0.25, 0.3) is 27.9 Å². The van der Waals surface area contributed by atoms with Crippen LogP contribution in [0.4, 0.5) is 0 Å². The molecule has 4 heteroatoms. The summed E-state index contributed by atoms with van der Waals surface area (Å²) in [6.45, 7) is 21.5. The SMILES string of the molecule is C=C(NCC1CCCCC1)c1c(CC)c(-c2ccccc2)nc2cc(CC)c(OC)cc12.CCC.CCCC(C)N1CCCCC1. The number of likely N-dealkylation sites (tertiary alicyclic amines) is 1. The second kappa shape index (κ2) is 20.4. The second-order valence-electron chi connectivity index (χ2n) is 13.4. The predicted molar refractivity (Wildman–Crippen MR) is 202 cm³/mol. The van der Waals surface area contributed by atoms with Crippen molar-refractivity contribution >= 4 is 16.6 Å². The molecule has 1 atom stereocenters. The normalized spacial score (nSPS) is 16.1. The highest BCUT2D eigenvalue weighted by molar-refractivity contribution is 5.96. The number of aromatic nitrogens is 1. The molecule has 0 spiro atoms. The molecule has 1 aliphatic carbocycles. The zero-order valence-corrected chi connectivity index (χ0v) is 30.5. The quantitative estimate of drug-likeness (QED) is 0.229. The number of nitrogens with zero attached hydrogens (tertiary/aromatic N) is 2. The summed E-state index contributed by atoms with van der Waals surface area (Å²) in [5.74, 6) is 1.67. The number of hydrogen-bond acceptors (Lipinski definition) is 4. The van der Waals surface area contributed by atoms with Crippen LogP contribution in [0.3, 0.4) is 0 Å². The molecule has 2 aliphatic rings. The zero-order chi connectivity index (χ0) is 33.3. The molecule has 0 bridgehead atoms. The molecule has 0 radical (unpaired) electrons. The van der Waals surface area contributed by atoms with E-state index in [1.165, 1.54) is 100 Å². The topological polar surface area (TPSA) is 37.4 Å². The molecule has 0 amide bonds. The molecule has 1 aromatic heterocycles. The third kappa shape index (κ3) is 10.6. The maximum Gasteiger partial charge on any atom is 0.122 e. The van der Waals surface area contributed by atoms with Crippen LogP contribution in [0.15, 0.2) is 49.0 Å². The van der Waals surface area contributed by atoms with Crippen molar-refractivity contribution in [1.82, 2.24) is 15.2 Å². The van der Waals surface area contributed by atoms with Gasteiger partial charge in [0, 0.05) is 34.8 Å². The molecule has 1 aliphatic heterocycles. The number of ether oxygens (including phenoxy) is 1. The standard InChI is InChI=1S/C29H36N2O.C10H21N.C3H8/c1-5-22-17-26-25(18-27(22)32-4)28(20(3)30-19-21-13-9-7-10-14-21)24(6-2)29(31-26)23-15-11-8-12-16-23;1-3-7-10(2)11-8-5-4-6-9-11;1-3-2/h8,11-12,15-18,21,30H,3,5-7,9-10,13-14,19H2,1-2,4H3;10H,3-9H2,1-2H3;3H2,1-2H3. The summed E-state index contributed by atoms with van der Waals surface area (Å²) < 4.78 is 5.74. The minimum absolute atomic E-state index is 0.744. The van der Waals surface area contributed by atoms with Gasteiger partial charge in [-0.2, -0.15) is 0 Å². The van der Waals surface area contributed by atoms with Crippen LogP contribution in [0, 0.1) is 5.92 Å². The fourth-order valence-corrected chi connectivity index (χ4v) is 7.07. The Bertz CT molecular complexity index is 1310. The zero-order valence-electron chi connectivity index (χ0n) is 30.5. The first-order valence-corrected chi connectivity index (χ1v) is 18.7. The number of piperidine rings is 1. The first-order valence-electron chi connectivity index (χ1n) is 18.7.